The number of allylic oxidation sites excluding steroid dienone is 1. The number of carboxylic acids is 1. The van der Waals surface area contributed by atoms with Crippen molar-refractivity contribution in [2.45, 2.75) is 31.7 Å². The molecule has 0 saturated heterocycles. The number of rotatable bonds is 5. The van der Waals surface area contributed by atoms with Gasteiger partial charge < -0.3 is 16.2 Å². The number of aryl methyl sites for hydroxylation is 1. The average Bonchev–Trinajstić information content (AvgIpc) is 3.35. The minimum atomic E-state index is -0.873. The Morgan fingerprint density at radius 2 is 2.00 bits per heavy atom. The quantitative estimate of drug-likeness (QED) is 0.557. The van der Waals surface area contributed by atoms with E-state index in [0.717, 1.165) is 25.7 Å². The molecule has 3 fully saturated rings. The van der Waals surface area contributed by atoms with E-state index in [0.29, 0.717) is 11.1 Å². The van der Waals surface area contributed by atoms with Crippen molar-refractivity contribution >= 4 is 29.4 Å². The van der Waals surface area contributed by atoms with Crippen LogP contribution in [0.4, 0.5) is 10.2 Å². The van der Waals surface area contributed by atoms with E-state index in [9.17, 15) is 9.90 Å². The lowest BCUT2D eigenvalue weighted by molar-refractivity contribution is -0.148. The van der Waals surface area contributed by atoms with Gasteiger partial charge >= 0.3 is 5.97 Å². The number of nitrogens with zero attached hydrogens (tertiary/aromatic N) is 5. The molecular weight excluding hydrogens is 415 g/mol. The van der Waals surface area contributed by atoms with Crippen molar-refractivity contribution in [3.05, 3.63) is 29.7 Å². The van der Waals surface area contributed by atoms with E-state index in [4.69, 9.17) is 11.1 Å². The predicted molar refractivity (Wildman–Crippen MR) is 116 cm³/mol. The largest absolute Gasteiger partial charge is 0.481 e. The molecule has 32 heavy (non-hydrogen) atoms. The molecule has 6 rings (SSSR count). The first-order chi connectivity index (χ1) is 15.3. The first kappa shape index (κ1) is 20.3. The van der Waals surface area contributed by atoms with Gasteiger partial charge in [0.25, 0.3) is 0 Å². The molecule has 2 aromatic rings. The fourth-order valence-corrected chi connectivity index (χ4v) is 5.14. The SMILES string of the molecule is Cn1cc(-c2nc(C3=C(N)C(=N)N=C3)nc(N[C@@H]3C4CCC(CC4)[C@H]3C(=O)O)c2F)cn1. The normalized spacial score (nSPS) is 26.8. The number of nitrogens with two attached hydrogens (primary N) is 1. The molecule has 3 saturated carbocycles. The smallest absolute Gasteiger partial charge is 0.308 e. The number of nitrogens with one attached hydrogen (secondary N) is 2. The van der Waals surface area contributed by atoms with Crippen LogP contribution in [-0.2, 0) is 11.8 Å². The molecular formula is C21H23FN8O2. The number of halogens is 1. The molecule has 4 aliphatic rings. The van der Waals surface area contributed by atoms with E-state index in [2.05, 4.69) is 25.4 Å². The second-order valence-corrected chi connectivity index (χ2v) is 8.60. The summed E-state index contributed by atoms with van der Waals surface area (Å²) in [5, 5.41) is 24.9. The summed E-state index contributed by atoms with van der Waals surface area (Å²) >= 11 is 0. The van der Waals surface area contributed by atoms with Crippen molar-refractivity contribution in [3.63, 3.8) is 0 Å². The van der Waals surface area contributed by atoms with Crippen molar-refractivity contribution in [1.29, 1.82) is 5.41 Å². The highest BCUT2D eigenvalue weighted by atomic mass is 19.1. The van der Waals surface area contributed by atoms with Crippen LogP contribution in [-0.4, -0.2) is 48.9 Å². The Labute approximate surface area is 183 Å². The molecule has 3 heterocycles. The topological polar surface area (TPSA) is 155 Å². The van der Waals surface area contributed by atoms with E-state index < -0.39 is 23.7 Å². The highest BCUT2D eigenvalue weighted by molar-refractivity contribution is 6.26. The molecule has 3 aliphatic carbocycles. The molecule has 2 atom stereocenters. The highest BCUT2D eigenvalue weighted by Crippen LogP contribution is 2.46. The summed E-state index contributed by atoms with van der Waals surface area (Å²) in [6, 6.07) is -0.430. The number of aliphatic imine (C=N–C) groups is 1. The highest BCUT2D eigenvalue weighted by Gasteiger charge is 2.47. The molecule has 0 amide bonds. The van der Waals surface area contributed by atoms with Crippen LogP contribution in [0, 0.1) is 29.0 Å². The Balaban J connectivity index is 1.61. The van der Waals surface area contributed by atoms with Crippen LogP contribution in [0.25, 0.3) is 16.8 Å². The summed E-state index contributed by atoms with van der Waals surface area (Å²) in [5.74, 6) is -2.04. The first-order valence-electron chi connectivity index (χ1n) is 10.5. The molecule has 0 aromatic carbocycles. The molecule has 2 bridgehead atoms. The average molecular weight is 438 g/mol. The molecule has 10 nitrogen and oxygen atoms in total. The van der Waals surface area contributed by atoms with E-state index >= 15 is 4.39 Å². The van der Waals surface area contributed by atoms with Gasteiger partial charge in [-0.1, -0.05) is 0 Å². The van der Waals surface area contributed by atoms with Crippen LogP contribution in [0.15, 0.2) is 23.1 Å². The summed E-state index contributed by atoms with van der Waals surface area (Å²) < 4.78 is 17.2. The minimum absolute atomic E-state index is 0.0191. The van der Waals surface area contributed by atoms with Gasteiger partial charge in [0, 0.05) is 31.1 Å². The van der Waals surface area contributed by atoms with Gasteiger partial charge in [0.05, 0.1) is 23.4 Å². The van der Waals surface area contributed by atoms with Crippen molar-refractivity contribution < 1.29 is 14.3 Å². The van der Waals surface area contributed by atoms with Gasteiger partial charge in [0.15, 0.2) is 23.3 Å². The fourth-order valence-electron chi connectivity index (χ4n) is 5.14. The number of hydrogen-bond acceptors (Lipinski definition) is 7. The third-order valence-electron chi connectivity index (χ3n) is 6.75. The number of carboxylic acid groups (broad SMARTS) is 1. The summed E-state index contributed by atoms with van der Waals surface area (Å²) in [5.41, 5.74) is 6.86. The zero-order valence-corrected chi connectivity index (χ0v) is 17.4. The van der Waals surface area contributed by atoms with Crippen molar-refractivity contribution in [3.8, 4) is 11.3 Å². The number of hydrogen-bond donors (Lipinski definition) is 4. The summed E-state index contributed by atoms with van der Waals surface area (Å²) in [4.78, 5) is 24.6. The summed E-state index contributed by atoms with van der Waals surface area (Å²) in [7, 11) is 1.71. The van der Waals surface area contributed by atoms with Crippen LogP contribution in [0.2, 0.25) is 0 Å². The number of fused-ring (bicyclic) bond motifs is 3. The lowest BCUT2D eigenvalue weighted by Crippen LogP contribution is -2.51. The second kappa shape index (κ2) is 7.50. The minimum Gasteiger partial charge on any atom is -0.481 e. The second-order valence-electron chi connectivity index (χ2n) is 8.60. The predicted octanol–water partition coefficient (Wildman–Crippen LogP) is 2.05. The maximum atomic E-state index is 15.6. The molecule has 0 unspecified atom stereocenters. The maximum absolute atomic E-state index is 15.6. The summed E-state index contributed by atoms with van der Waals surface area (Å²) in [6.45, 7) is 0. The van der Waals surface area contributed by atoms with Gasteiger partial charge in [-0.3, -0.25) is 14.9 Å². The monoisotopic (exact) mass is 438 g/mol. The van der Waals surface area contributed by atoms with Gasteiger partial charge in [-0.25, -0.2) is 19.4 Å². The maximum Gasteiger partial charge on any atom is 0.308 e. The molecule has 166 valence electrons. The first-order valence-corrected chi connectivity index (χ1v) is 10.5. The zero-order valence-electron chi connectivity index (χ0n) is 17.4. The molecule has 0 spiro atoms. The van der Waals surface area contributed by atoms with Gasteiger partial charge in [-0.15, -0.1) is 0 Å². The number of amidine groups is 1. The number of aliphatic carboxylic acids is 1. The van der Waals surface area contributed by atoms with Crippen molar-refractivity contribution in [1.82, 2.24) is 19.7 Å². The lowest BCUT2D eigenvalue weighted by Gasteiger charge is -2.47. The molecule has 1 aliphatic heterocycles. The summed E-state index contributed by atoms with van der Waals surface area (Å²) in [6.07, 6.45) is 8.06. The van der Waals surface area contributed by atoms with Crippen molar-refractivity contribution in [2.24, 2.45) is 35.5 Å². The van der Waals surface area contributed by atoms with Crippen LogP contribution in [0.1, 0.15) is 31.5 Å². The van der Waals surface area contributed by atoms with Gasteiger partial charge in [0.2, 0.25) is 0 Å². The Hall–Kier alpha value is -3.63. The molecule has 2 aromatic heterocycles. The van der Waals surface area contributed by atoms with E-state index in [1.165, 1.54) is 17.1 Å². The molecule has 5 N–H and O–H groups in total. The standard InChI is InChI=1S/C21H23FN8O2/c1-30-8-11(6-26-30)17-14(22)20(29-19(28-17)12-7-25-18(24)15(12)23)27-16-10-4-2-9(3-5-10)13(16)21(31)32/h6-10,13,16H,2-5H2,1H3,(H,31,32)(H3,23,24,25)(H,27,28,29)/t9?,10?,13-,16-/m1/s1. The van der Waals surface area contributed by atoms with Crippen LogP contribution in [0.3, 0.4) is 0 Å². The Kier molecular flexibility index (Phi) is 4.75. The Bertz CT molecular complexity index is 1180. The molecule has 0 radical (unpaired) electrons. The van der Waals surface area contributed by atoms with Crippen LogP contribution >= 0.6 is 0 Å². The number of anilines is 1. The van der Waals surface area contributed by atoms with E-state index in [-0.39, 0.29) is 40.7 Å². The van der Waals surface area contributed by atoms with Crippen LogP contribution < -0.4 is 11.1 Å². The van der Waals surface area contributed by atoms with Gasteiger partial charge in [0.1, 0.15) is 5.69 Å². The number of carbonyl (C=O) groups is 1. The van der Waals surface area contributed by atoms with Crippen molar-refractivity contribution in [2.75, 3.05) is 5.32 Å². The van der Waals surface area contributed by atoms with Crippen LogP contribution in [0.5, 0.6) is 0 Å². The fraction of sp³-hybridized carbons (Fsp3) is 0.429. The lowest BCUT2D eigenvalue weighted by atomic mass is 9.61. The molecule has 11 heteroatoms. The third kappa shape index (κ3) is 3.24. The van der Waals surface area contributed by atoms with Gasteiger partial charge in [-0.05, 0) is 37.5 Å². The number of aromatic nitrogens is 4. The van der Waals surface area contributed by atoms with E-state index in [1.807, 2.05) is 0 Å². The van der Waals surface area contributed by atoms with Gasteiger partial charge in [-0.2, -0.15) is 5.10 Å². The Morgan fingerprint density at radius 3 is 2.59 bits per heavy atom. The zero-order chi connectivity index (χ0) is 22.6. The third-order valence-corrected chi connectivity index (χ3v) is 6.75. The Morgan fingerprint density at radius 1 is 1.28 bits per heavy atom. The van der Waals surface area contributed by atoms with E-state index in [1.54, 1.807) is 13.2 Å².